The standard InChI is InChI=1S/C12H13BrF2N2O/c1-6-4-16-5-8(6)12(18)17-11-9(14)2-7(13)3-10(11)15/h2-3,6,8,16H,4-5H2,1H3,(H,17,18)/t6-,8-/m1/s1. The van der Waals surface area contributed by atoms with Gasteiger partial charge in [-0.25, -0.2) is 8.78 Å². The van der Waals surface area contributed by atoms with E-state index in [1.54, 1.807) is 0 Å². The average molecular weight is 319 g/mol. The first-order chi connectivity index (χ1) is 8.49. The van der Waals surface area contributed by atoms with E-state index in [-0.39, 0.29) is 23.4 Å². The average Bonchev–Trinajstić information content (AvgIpc) is 2.69. The molecule has 1 fully saturated rings. The Balaban J connectivity index is 2.17. The molecule has 98 valence electrons. The lowest BCUT2D eigenvalue weighted by molar-refractivity contribution is -0.120. The number of amides is 1. The molecule has 1 aliphatic heterocycles. The number of anilines is 1. The molecule has 18 heavy (non-hydrogen) atoms. The highest BCUT2D eigenvalue weighted by Gasteiger charge is 2.30. The minimum atomic E-state index is -0.783. The Labute approximate surface area is 112 Å². The molecule has 0 aromatic heterocycles. The molecule has 2 atom stereocenters. The fourth-order valence-corrected chi connectivity index (χ4v) is 2.44. The molecular formula is C12H13BrF2N2O. The van der Waals surface area contributed by atoms with Crippen molar-refractivity contribution in [2.24, 2.45) is 11.8 Å². The molecule has 0 radical (unpaired) electrons. The van der Waals surface area contributed by atoms with Gasteiger partial charge >= 0.3 is 0 Å². The van der Waals surface area contributed by atoms with Crippen molar-refractivity contribution in [3.63, 3.8) is 0 Å². The SMILES string of the molecule is C[C@@H]1CNC[C@H]1C(=O)Nc1c(F)cc(Br)cc1F. The molecule has 6 heteroatoms. The molecular weight excluding hydrogens is 306 g/mol. The number of rotatable bonds is 2. The van der Waals surface area contributed by atoms with Crippen molar-refractivity contribution in [3.05, 3.63) is 28.2 Å². The Bertz CT molecular complexity index is 458. The zero-order valence-corrected chi connectivity index (χ0v) is 11.4. The third kappa shape index (κ3) is 2.70. The van der Waals surface area contributed by atoms with Crippen LogP contribution in [0, 0.1) is 23.5 Å². The second-order valence-electron chi connectivity index (χ2n) is 4.48. The molecule has 1 amide bonds. The van der Waals surface area contributed by atoms with Crippen LogP contribution in [0.3, 0.4) is 0 Å². The fraction of sp³-hybridized carbons (Fsp3) is 0.417. The van der Waals surface area contributed by atoms with Crippen LogP contribution >= 0.6 is 15.9 Å². The van der Waals surface area contributed by atoms with E-state index in [1.165, 1.54) is 0 Å². The maximum absolute atomic E-state index is 13.6. The van der Waals surface area contributed by atoms with Crippen LogP contribution in [0.15, 0.2) is 16.6 Å². The number of hydrogen-bond donors (Lipinski definition) is 2. The van der Waals surface area contributed by atoms with Gasteiger partial charge in [-0.05, 0) is 24.6 Å². The molecule has 1 heterocycles. The van der Waals surface area contributed by atoms with Crippen LogP contribution in [0.5, 0.6) is 0 Å². The van der Waals surface area contributed by atoms with Crippen molar-refractivity contribution in [1.82, 2.24) is 5.32 Å². The van der Waals surface area contributed by atoms with E-state index in [2.05, 4.69) is 26.6 Å². The van der Waals surface area contributed by atoms with E-state index in [0.717, 1.165) is 18.7 Å². The van der Waals surface area contributed by atoms with Crippen molar-refractivity contribution in [2.75, 3.05) is 18.4 Å². The van der Waals surface area contributed by atoms with Crippen molar-refractivity contribution in [2.45, 2.75) is 6.92 Å². The Kier molecular flexibility index (Phi) is 3.97. The fourth-order valence-electron chi connectivity index (χ4n) is 2.04. The molecule has 2 N–H and O–H groups in total. The zero-order chi connectivity index (χ0) is 13.3. The quantitative estimate of drug-likeness (QED) is 0.879. The number of benzene rings is 1. The molecule has 0 spiro atoms. The summed E-state index contributed by atoms with van der Waals surface area (Å²) < 4.78 is 27.4. The zero-order valence-electron chi connectivity index (χ0n) is 9.77. The van der Waals surface area contributed by atoms with Gasteiger partial charge in [0, 0.05) is 11.0 Å². The van der Waals surface area contributed by atoms with Gasteiger partial charge in [-0.3, -0.25) is 4.79 Å². The highest BCUT2D eigenvalue weighted by Crippen LogP contribution is 2.25. The van der Waals surface area contributed by atoms with E-state index in [4.69, 9.17) is 0 Å². The van der Waals surface area contributed by atoms with Gasteiger partial charge in [-0.1, -0.05) is 22.9 Å². The second kappa shape index (κ2) is 5.32. The highest BCUT2D eigenvalue weighted by molar-refractivity contribution is 9.10. The van der Waals surface area contributed by atoms with Crippen LogP contribution < -0.4 is 10.6 Å². The van der Waals surface area contributed by atoms with Gasteiger partial charge in [0.05, 0.1) is 5.92 Å². The molecule has 1 aromatic carbocycles. The van der Waals surface area contributed by atoms with Crippen molar-refractivity contribution >= 4 is 27.5 Å². The smallest absolute Gasteiger partial charge is 0.229 e. The Morgan fingerprint density at radius 1 is 1.39 bits per heavy atom. The molecule has 0 bridgehead atoms. The first-order valence-corrected chi connectivity index (χ1v) is 6.44. The molecule has 0 aliphatic carbocycles. The lowest BCUT2D eigenvalue weighted by Crippen LogP contribution is -2.28. The predicted octanol–water partition coefficient (Wildman–Crippen LogP) is 2.52. The van der Waals surface area contributed by atoms with Crippen molar-refractivity contribution < 1.29 is 13.6 Å². The summed E-state index contributed by atoms with van der Waals surface area (Å²) in [6.07, 6.45) is 0. The molecule has 0 unspecified atom stereocenters. The largest absolute Gasteiger partial charge is 0.321 e. The van der Waals surface area contributed by atoms with E-state index >= 15 is 0 Å². The molecule has 3 nitrogen and oxygen atoms in total. The molecule has 2 rings (SSSR count). The number of halogens is 3. The molecule has 1 aromatic rings. The lowest BCUT2D eigenvalue weighted by atomic mass is 9.97. The van der Waals surface area contributed by atoms with E-state index in [0.29, 0.717) is 11.0 Å². The van der Waals surface area contributed by atoms with Gasteiger partial charge in [0.15, 0.2) is 11.6 Å². The van der Waals surface area contributed by atoms with E-state index in [1.807, 2.05) is 6.92 Å². The summed E-state index contributed by atoms with van der Waals surface area (Å²) in [6, 6.07) is 2.24. The van der Waals surface area contributed by atoms with Crippen molar-refractivity contribution in [1.29, 1.82) is 0 Å². The van der Waals surface area contributed by atoms with Crippen LogP contribution in [-0.4, -0.2) is 19.0 Å². The van der Waals surface area contributed by atoms with Crippen LogP contribution in [0.2, 0.25) is 0 Å². The molecule has 0 saturated carbocycles. The van der Waals surface area contributed by atoms with Crippen LogP contribution in [0.25, 0.3) is 0 Å². The lowest BCUT2D eigenvalue weighted by Gasteiger charge is -2.15. The van der Waals surface area contributed by atoms with Gasteiger partial charge < -0.3 is 10.6 Å². The third-order valence-electron chi connectivity index (χ3n) is 3.11. The minimum Gasteiger partial charge on any atom is -0.321 e. The van der Waals surface area contributed by atoms with E-state index in [9.17, 15) is 13.6 Å². The minimum absolute atomic E-state index is 0.159. The van der Waals surface area contributed by atoms with Gasteiger partial charge in [0.2, 0.25) is 5.91 Å². The Hall–Kier alpha value is -1.01. The number of carbonyl (C=O) groups is 1. The van der Waals surface area contributed by atoms with Crippen LogP contribution in [-0.2, 0) is 4.79 Å². The number of nitrogens with one attached hydrogen (secondary N) is 2. The summed E-state index contributed by atoms with van der Waals surface area (Å²) in [6.45, 7) is 3.20. The first-order valence-electron chi connectivity index (χ1n) is 5.65. The summed E-state index contributed by atoms with van der Waals surface area (Å²) >= 11 is 2.99. The summed E-state index contributed by atoms with van der Waals surface area (Å²) in [5, 5.41) is 5.40. The predicted molar refractivity (Wildman–Crippen MR) is 68.2 cm³/mol. The topological polar surface area (TPSA) is 41.1 Å². The first kappa shape index (κ1) is 13.4. The maximum atomic E-state index is 13.6. The Morgan fingerprint density at radius 3 is 2.50 bits per heavy atom. The van der Waals surface area contributed by atoms with Crippen LogP contribution in [0.4, 0.5) is 14.5 Å². The van der Waals surface area contributed by atoms with Crippen molar-refractivity contribution in [3.8, 4) is 0 Å². The maximum Gasteiger partial charge on any atom is 0.229 e. The number of carbonyl (C=O) groups excluding carboxylic acids is 1. The summed E-state index contributed by atoms with van der Waals surface area (Å²) in [4.78, 5) is 11.9. The summed E-state index contributed by atoms with van der Waals surface area (Å²) in [7, 11) is 0. The van der Waals surface area contributed by atoms with Crippen LogP contribution in [0.1, 0.15) is 6.92 Å². The monoisotopic (exact) mass is 318 g/mol. The third-order valence-corrected chi connectivity index (χ3v) is 3.57. The summed E-state index contributed by atoms with van der Waals surface area (Å²) in [5.41, 5.74) is -0.387. The number of hydrogen-bond acceptors (Lipinski definition) is 2. The molecule has 1 saturated heterocycles. The van der Waals surface area contributed by atoms with Gasteiger partial charge in [-0.15, -0.1) is 0 Å². The van der Waals surface area contributed by atoms with Gasteiger partial charge in [0.25, 0.3) is 0 Å². The normalized spacial score (nSPS) is 23.1. The second-order valence-corrected chi connectivity index (χ2v) is 5.39. The highest BCUT2D eigenvalue weighted by atomic mass is 79.9. The van der Waals surface area contributed by atoms with Gasteiger partial charge in [-0.2, -0.15) is 0 Å². The Morgan fingerprint density at radius 2 is 2.00 bits per heavy atom. The molecule has 1 aliphatic rings. The van der Waals surface area contributed by atoms with Gasteiger partial charge in [0.1, 0.15) is 5.69 Å². The summed E-state index contributed by atoms with van der Waals surface area (Å²) in [5.74, 6) is -2.02. The van der Waals surface area contributed by atoms with E-state index < -0.39 is 11.6 Å².